The van der Waals surface area contributed by atoms with Crippen LogP contribution in [0.2, 0.25) is 0 Å². The van der Waals surface area contributed by atoms with E-state index in [4.69, 9.17) is 5.73 Å². The highest BCUT2D eigenvalue weighted by atomic mass is 16.1. The van der Waals surface area contributed by atoms with Crippen LogP contribution in [-0.4, -0.2) is 35.7 Å². The fourth-order valence-corrected chi connectivity index (χ4v) is 2.74. The molecule has 1 fully saturated rings. The van der Waals surface area contributed by atoms with Crippen LogP contribution >= 0.6 is 0 Å². The van der Waals surface area contributed by atoms with Crippen LogP contribution in [0.15, 0.2) is 30.3 Å². The van der Waals surface area contributed by atoms with Crippen LogP contribution < -0.4 is 5.73 Å². The zero-order valence-corrected chi connectivity index (χ0v) is 11.9. The molecule has 1 aliphatic rings. The maximum absolute atomic E-state index is 12.1. The van der Waals surface area contributed by atoms with E-state index >= 15 is 0 Å². The second-order valence-corrected chi connectivity index (χ2v) is 5.66. The van der Waals surface area contributed by atoms with E-state index in [1.54, 1.807) is 0 Å². The summed E-state index contributed by atoms with van der Waals surface area (Å²) in [4.78, 5) is 25.5. The highest BCUT2D eigenvalue weighted by Crippen LogP contribution is 2.21. The van der Waals surface area contributed by atoms with Crippen LogP contribution in [0, 0.1) is 5.92 Å². The molecule has 0 bridgehead atoms. The first-order chi connectivity index (χ1) is 9.56. The molecule has 2 N–H and O–H groups in total. The van der Waals surface area contributed by atoms with Gasteiger partial charge in [-0.25, -0.2) is 0 Å². The molecule has 0 spiro atoms. The molecule has 1 amide bonds. The molecule has 4 heteroatoms. The molecule has 20 heavy (non-hydrogen) atoms. The molecule has 2 rings (SSSR count). The van der Waals surface area contributed by atoms with Gasteiger partial charge in [0.2, 0.25) is 5.91 Å². The number of hydrogen-bond acceptors (Lipinski definition) is 3. The summed E-state index contributed by atoms with van der Waals surface area (Å²) < 4.78 is 0. The van der Waals surface area contributed by atoms with Crippen molar-refractivity contribution in [2.24, 2.45) is 11.7 Å². The molecular weight excluding hydrogens is 252 g/mol. The predicted octanol–water partition coefficient (Wildman–Crippen LogP) is 1.38. The van der Waals surface area contributed by atoms with Crippen LogP contribution in [0.4, 0.5) is 0 Å². The minimum atomic E-state index is -0.252. The number of piperidine rings is 1. The first-order valence-corrected chi connectivity index (χ1v) is 7.15. The van der Waals surface area contributed by atoms with Crippen molar-refractivity contribution in [3.8, 4) is 0 Å². The van der Waals surface area contributed by atoms with Gasteiger partial charge in [0.1, 0.15) is 0 Å². The van der Waals surface area contributed by atoms with E-state index in [9.17, 15) is 9.59 Å². The first kappa shape index (κ1) is 14.7. The summed E-state index contributed by atoms with van der Waals surface area (Å²) in [7, 11) is 0. The van der Waals surface area contributed by atoms with Crippen LogP contribution in [-0.2, 0) is 16.0 Å². The van der Waals surface area contributed by atoms with Crippen molar-refractivity contribution in [3.05, 3.63) is 35.9 Å². The molecule has 0 saturated carbocycles. The number of ketones is 1. The van der Waals surface area contributed by atoms with Crippen LogP contribution in [0.3, 0.4) is 0 Å². The van der Waals surface area contributed by atoms with Gasteiger partial charge in [-0.05, 0) is 25.3 Å². The Bertz CT molecular complexity index is 473. The fraction of sp³-hybridized carbons (Fsp3) is 0.500. The van der Waals surface area contributed by atoms with Crippen LogP contribution in [0.5, 0.6) is 0 Å². The number of carbonyl (C=O) groups excluding carboxylic acids is 2. The third-order valence-corrected chi connectivity index (χ3v) is 4.04. The van der Waals surface area contributed by atoms with Crippen molar-refractivity contribution in [1.29, 1.82) is 0 Å². The summed E-state index contributed by atoms with van der Waals surface area (Å²) in [5, 5.41) is 0. The summed E-state index contributed by atoms with van der Waals surface area (Å²) in [5.41, 5.74) is 6.41. The number of benzene rings is 1. The largest absolute Gasteiger partial charge is 0.369 e. The third kappa shape index (κ3) is 3.90. The van der Waals surface area contributed by atoms with E-state index in [2.05, 4.69) is 11.8 Å². The molecule has 1 saturated heterocycles. The highest BCUT2D eigenvalue weighted by Gasteiger charge is 2.29. The van der Waals surface area contributed by atoms with Crippen molar-refractivity contribution in [3.63, 3.8) is 0 Å². The van der Waals surface area contributed by atoms with Crippen molar-refractivity contribution in [1.82, 2.24) is 4.90 Å². The maximum Gasteiger partial charge on any atom is 0.221 e. The topological polar surface area (TPSA) is 63.4 Å². The molecule has 4 nitrogen and oxygen atoms in total. The van der Waals surface area contributed by atoms with Gasteiger partial charge in [-0.1, -0.05) is 30.3 Å². The number of carbonyl (C=O) groups is 2. The Morgan fingerprint density at radius 2 is 1.95 bits per heavy atom. The van der Waals surface area contributed by atoms with Gasteiger partial charge >= 0.3 is 0 Å². The lowest BCUT2D eigenvalue weighted by atomic mass is 9.92. The van der Waals surface area contributed by atoms with E-state index < -0.39 is 0 Å². The van der Waals surface area contributed by atoms with Gasteiger partial charge in [0.15, 0.2) is 5.78 Å². The fourth-order valence-electron chi connectivity index (χ4n) is 2.74. The minimum absolute atomic E-state index is 0.115. The van der Waals surface area contributed by atoms with Crippen molar-refractivity contribution in [2.45, 2.75) is 32.2 Å². The number of likely N-dealkylation sites (tertiary alicyclic amines) is 1. The van der Waals surface area contributed by atoms with Crippen LogP contribution in [0.25, 0.3) is 0 Å². The van der Waals surface area contributed by atoms with Crippen molar-refractivity contribution in [2.75, 3.05) is 13.1 Å². The van der Waals surface area contributed by atoms with E-state index in [-0.39, 0.29) is 17.6 Å². The Balaban J connectivity index is 1.90. The van der Waals surface area contributed by atoms with Gasteiger partial charge in [0, 0.05) is 19.0 Å². The van der Waals surface area contributed by atoms with E-state index in [1.165, 1.54) is 0 Å². The summed E-state index contributed by atoms with van der Waals surface area (Å²) in [6.45, 7) is 3.11. The predicted molar refractivity (Wildman–Crippen MR) is 78.1 cm³/mol. The lowest BCUT2D eigenvalue weighted by Crippen LogP contribution is -2.47. The number of nitrogens with two attached hydrogens (primary N) is 1. The molecule has 1 heterocycles. The average Bonchev–Trinajstić information content (AvgIpc) is 2.42. The lowest BCUT2D eigenvalue weighted by Gasteiger charge is -2.36. The molecule has 1 aromatic rings. The molecule has 1 aliphatic heterocycles. The van der Waals surface area contributed by atoms with Gasteiger partial charge in [-0.15, -0.1) is 0 Å². The Morgan fingerprint density at radius 1 is 1.25 bits per heavy atom. The van der Waals surface area contributed by atoms with Gasteiger partial charge in [-0.2, -0.15) is 0 Å². The normalized spacial score (nSPS) is 23.4. The third-order valence-electron chi connectivity index (χ3n) is 4.04. The lowest BCUT2D eigenvalue weighted by molar-refractivity contribution is -0.126. The quantitative estimate of drug-likeness (QED) is 0.882. The van der Waals surface area contributed by atoms with E-state index in [0.29, 0.717) is 25.6 Å². The van der Waals surface area contributed by atoms with Gasteiger partial charge < -0.3 is 5.73 Å². The molecule has 2 atom stereocenters. The van der Waals surface area contributed by atoms with Gasteiger partial charge in [0.25, 0.3) is 0 Å². The Labute approximate surface area is 119 Å². The highest BCUT2D eigenvalue weighted by molar-refractivity contribution is 5.83. The molecule has 0 aliphatic carbocycles. The summed E-state index contributed by atoms with van der Waals surface area (Å²) >= 11 is 0. The van der Waals surface area contributed by atoms with E-state index in [0.717, 1.165) is 18.4 Å². The Kier molecular flexibility index (Phi) is 4.90. The summed E-state index contributed by atoms with van der Waals surface area (Å²) in [5.74, 6) is -0.179. The number of rotatable bonds is 5. The average molecular weight is 274 g/mol. The van der Waals surface area contributed by atoms with Crippen molar-refractivity contribution >= 4 is 11.7 Å². The number of primary amides is 1. The molecule has 2 unspecified atom stereocenters. The smallest absolute Gasteiger partial charge is 0.221 e. The Hall–Kier alpha value is -1.68. The van der Waals surface area contributed by atoms with Gasteiger partial charge in [0.05, 0.1) is 12.5 Å². The monoisotopic (exact) mass is 274 g/mol. The first-order valence-electron chi connectivity index (χ1n) is 7.15. The SMILES string of the molecule is CC1CCC(C(N)=O)CN1CC(=O)Cc1ccccc1. The summed E-state index contributed by atoms with van der Waals surface area (Å²) in [6, 6.07) is 10.1. The van der Waals surface area contributed by atoms with Crippen molar-refractivity contribution < 1.29 is 9.59 Å². The molecular formula is C16H22N2O2. The zero-order valence-electron chi connectivity index (χ0n) is 11.9. The summed E-state index contributed by atoms with van der Waals surface area (Å²) in [6.07, 6.45) is 2.21. The second-order valence-electron chi connectivity index (χ2n) is 5.66. The van der Waals surface area contributed by atoms with E-state index in [1.807, 2.05) is 30.3 Å². The van der Waals surface area contributed by atoms with Crippen LogP contribution in [0.1, 0.15) is 25.3 Å². The number of Topliss-reactive ketones (excluding diaryl/α,β-unsaturated/α-hetero) is 1. The second kappa shape index (κ2) is 6.66. The molecule has 0 aromatic heterocycles. The number of nitrogens with zero attached hydrogens (tertiary/aromatic N) is 1. The standard InChI is InChI=1S/C16H22N2O2/c1-12-7-8-14(16(17)20)10-18(12)11-15(19)9-13-5-3-2-4-6-13/h2-6,12,14H,7-11H2,1H3,(H2,17,20). The number of hydrogen-bond donors (Lipinski definition) is 1. The molecule has 0 radical (unpaired) electrons. The van der Waals surface area contributed by atoms with Gasteiger partial charge in [-0.3, -0.25) is 14.5 Å². The maximum atomic E-state index is 12.1. The molecule has 108 valence electrons. The number of amides is 1. The minimum Gasteiger partial charge on any atom is -0.369 e. The Morgan fingerprint density at radius 3 is 2.60 bits per heavy atom. The molecule has 1 aromatic carbocycles. The zero-order chi connectivity index (χ0) is 14.5.